The van der Waals surface area contributed by atoms with Gasteiger partial charge in [0.05, 0.1) is 6.10 Å². The molecule has 0 saturated carbocycles. The van der Waals surface area contributed by atoms with Gasteiger partial charge in [0.25, 0.3) is 5.91 Å². The summed E-state index contributed by atoms with van der Waals surface area (Å²) >= 11 is 0. The van der Waals surface area contributed by atoms with Crippen LogP contribution in [-0.2, 0) is 4.74 Å². The van der Waals surface area contributed by atoms with Crippen molar-refractivity contribution in [1.82, 2.24) is 10.2 Å². The number of anilines is 2. The number of carbonyl (C=O) groups excluding carboxylic acids is 1. The molecule has 1 fully saturated rings. The number of aromatic nitrogens is 2. The Morgan fingerprint density at radius 1 is 1.00 bits per heavy atom. The van der Waals surface area contributed by atoms with Gasteiger partial charge in [-0.2, -0.15) is 0 Å². The van der Waals surface area contributed by atoms with Crippen LogP contribution in [0.1, 0.15) is 23.3 Å². The summed E-state index contributed by atoms with van der Waals surface area (Å²) in [7, 11) is 0. The molecule has 3 aromatic rings. The van der Waals surface area contributed by atoms with E-state index in [-0.39, 0.29) is 17.7 Å². The summed E-state index contributed by atoms with van der Waals surface area (Å²) in [5.74, 6) is 1.75. The predicted octanol–water partition coefficient (Wildman–Crippen LogP) is 4.11. The minimum Gasteiger partial charge on any atom is -0.457 e. The number of ether oxygens (including phenoxy) is 2. The van der Waals surface area contributed by atoms with E-state index in [0.717, 1.165) is 25.2 Å². The topological polar surface area (TPSA) is 85.4 Å². The van der Waals surface area contributed by atoms with E-state index in [1.54, 1.807) is 36.4 Å². The zero-order valence-corrected chi connectivity index (χ0v) is 15.9. The molecule has 0 radical (unpaired) electrons. The van der Waals surface area contributed by atoms with E-state index in [9.17, 15) is 4.79 Å². The molecule has 0 aliphatic carbocycles. The number of carbonyl (C=O) groups is 1. The Labute approximate surface area is 169 Å². The van der Waals surface area contributed by atoms with Gasteiger partial charge in [-0.25, -0.2) is 0 Å². The van der Waals surface area contributed by atoms with Crippen LogP contribution in [0.4, 0.5) is 11.5 Å². The average molecular weight is 390 g/mol. The van der Waals surface area contributed by atoms with Crippen molar-refractivity contribution in [3.05, 3.63) is 72.4 Å². The zero-order valence-electron chi connectivity index (χ0n) is 15.9. The molecule has 1 unspecified atom stereocenters. The number of nitrogens with zero attached hydrogens (tertiary/aromatic N) is 2. The number of hydrogen-bond acceptors (Lipinski definition) is 6. The van der Waals surface area contributed by atoms with Gasteiger partial charge in [-0.05, 0) is 61.4 Å². The van der Waals surface area contributed by atoms with Crippen molar-refractivity contribution in [3.63, 3.8) is 0 Å². The van der Waals surface area contributed by atoms with Gasteiger partial charge in [0.15, 0.2) is 5.69 Å². The molecule has 1 atom stereocenters. The molecule has 29 heavy (non-hydrogen) atoms. The van der Waals surface area contributed by atoms with Crippen molar-refractivity contribution < 1.29 is 14.3 Å². The van der Waals surface area contributed by atoms with Crippen molar-refractivity contribution in [2.24, 2.45) is 0 Å². The van der Waals surface area contributed by atoms with E-state index < -0.39 is 0 Å². The molecular formula is C22H22N4O3. The second-order valence-electron chi connectivity index (χ2n) is 6.71. The first-order valence-electron chi connectivity index (χ1n) is 9.60. The molecule has 1 amide bonds. The molecule has 148 valence electrons. The third-order valence-corrected chi connectivity index (χ3v) is 4.52. The third-order valence-electron chi connectivity index (χ3n) is 4.52. The Morgan fingerprint density at radius 2 is 1.79 bits per heavy atom. The maximum Gasteiger partial charge on any atom is 0.276 e. The van der Waals surface area contributed by atoms with Crippen molar-refractivity contribution in [2.75, 3.05) is 23.8 Å². The fourth-order valence-corrected chi connectivity index (χ4v) is 3.00. The standard InChI is InChI=1S/C22H22N4O3/c27-22(20-12-13-21(26-25-20)23-15-19-7-4-14-28-19)24-16-8-10-18(11-9-16)29-17-5-2-1-3-6-17/h1-3,5-6,8-13,19H,4,7,14-15H2,(H,23,26)(H,24,27). The molecular weight excluding hydrogens is 368 g/mol. The van der Waals surface area contributed by atoms with Gasteiger partial charge in [0.1, 0.15) is 17.3 Å². The number of benzene rings is 2. The van der Waals surface area contributed by atoms with Crippen LogP contribution >= 0.6 is 0 Å². The highest BCUT2D eigenvalue weighted by Gasteiger charge is 2.15. The normalized spacial score (nSPS) is 15.7. The van der Waals surface area contributed by atoms with Crippen molar-refractivity contribution in [3.8, 4) is 11.5 Å². The minimum atomic E-state index is -0.320. The summed E-state index contributed by atoms with van der Waals surface area (Å²) in [6.45, 7) is 1.51. The Hall–Kier alpha value is -3.45. The highest BCUT2D eigenvalue weighted by atomic mass is 16.5. The van der Waals surface area contributed by atoms with Crippen molar-refractivity contribution in [2.45, 2.75) is 18.9 Å². The van der Waals surface area contributed by atoms with Crippen LogP contribution in [0.3, 0.4) is 0 Å². The summed E-state index contributed by atoms with van der Waals surface area (Å²) < 4.78 is 11.3. The predicted molar refractivity (Wildman–Crippen MR) is 110 cm³/mol. The van der Waals surface area contributed by atoms with E-state index in [4.69, 9.17) is 9.47 Å². The molecule has 1 aliphatic rings. The second kappa shape index (κ2) is 9.16. The first-order valence-corrected chi connectivity index (χ1v) is 9.60. The Morgan fingerprint density at radius 3 is 2.48 bits per heavy atom. The third kappa shape index (κ3) is 5.30. The highest BCUT2D eigenvalue weighted by molar-refractivity contribution is 6.02. The Bertz CT molecular complexity index is 925. The van der Waals surface area contributed by atoms with Crippen molar-refractivity contribution >= 4 is 17.4 Å². The molecule has 4 rings (SSSR count). The number of hydrogen-bond donors (Lipinski definition) is 2. The summed E-state index contributed by atoms with van der Waals surface area (Å²) in [6.07, 6.45) is 2.36. The van der Waals surface area contributed by atoms with Crippen LogP contribution in [0.2, 0.25) is 0 Å². The van der Waals surface area contributed by atoms with Gasteiger partial charge < -0.3 is 20.1 Å². The first kappa shape index (κ1) is 18.9. The quantitative estimate of drug-likeness (QED) is 0.631. The summed E-state index contributed by atoms with van der Waals surface area (Å²) in [5.41, 5.74) is 0.898. The maximum atomic E-state index is 12.4. The van der Waals surface area contributed by atoms with Gasteiger partial charge >= 0.3 is 0 Å². The summed E-state index contributed by atoms with van der Waals surface area (Å²) in [4.78, 5) is 12.4. The maximum absolute atomic E-state index is 12.4. The second-order valence-corrected chi connectivity index (χ2v) is 6.71. The van der Waals surface area contributed by atoms with E-state index in [0.29, 0.717) is 23.8 Å². The smallest absolute Gasteiger partial charge is 0.276 e. The van der Waals surface area contributed by atoms with Crippen LogP contribution in [-0.4, -0.2) is 35.4 Å². The Balaban J connectivity index is 1.30. The number of para-hydroxylation sites is 1. The first-order chi connectivity index (χ1) is 14.3. The summed E-state index contributed by atoms with van der Waals surface area (Å²) in [5, 5.41) is 14.1. The van der Waals surface area contributed by atoms with Gasteiger partial charge in [0.2, 0.25) is 0 Å². The van der Waals surface area contributed by atoms with Gasteiger partial charge in [-0.1, -0.05) is 18.2 Å². The number of nitrogens with one attached hydrogen (secondary N) is 2. The molecule has 1 saturated heterocycles. The van der Waals surface area contributed by atoms with E-state index in [1.165, 1.54) is 0 Å². The molecule has 7 nitrogen and oxygen atoms in total. The number of amides is 1. The molecule has 2 heterocycles. The lowest BCUT2D eigenvalue weighted by Crippen LogP contribution is -2.20. The van der Waals surface area contributed by atoms with Crippen LogP contribution in [0.5, 0.6) is 11.5 Å². The van der Waals surface area contributed by atoms with Crippen LogP contribution in [0, 0.1) is 0 Å². The lowest BCUT2D eigenvalue weighted by molar-refractivity contribution is 0.102. The molecule has 0 spiro atoms. The Kier molecular flexibility index (Phi) is 5.97. The fraction of sp³-hybridized carbons (Fsp3) is 0.227. The molecule has 1 aliphatic heterocycles. The van der Waals surface area contributed by atoms with Crippen LogP contribution in [0.25, 0.3) is 0 Å². The zero-order chi connectivity index (χ0) is 19.9. The number of rotatable bonds is 7. The molecule has 2 N–H and O–H groups in total. The lowest BCUT2D eigenvalue weighted by Gasteiger charge is -2.11. The van der Waals surface area contributed by atoms with Crippen LogP contribution in [0.15, 0.2) is 66.7 Å². The SMILES string of the molecule is O=C(Nc1ccc(Oc2ccccc2)cc1)c1ccc(NCC2CCCO2)nn1. The largest absolute Gasteiger partial charge is 0.457 e. The highest BCUT2D eigenvalue weighted by Crippen LogP contribution is 2.22. The monoisotopic (exact) mass is 390 g/mol. The fourth-order valence-electron chi connectivity index (χ4n) is 3.00. The van der Waals surface area contributed by atoms with Gasteiger partial charge in [-0.3, -0.25) is 4.79 Å². The van der Waals surface area contributed by atoms with E-state index in [1.807, 2.05) is 30.3 Å². The van der Waals surface area contributed by atoms with Gasteiger partial charge in [0, 0.05) is 18.8 Å². The average Bonchev–Trinajstić information content (AvgIpc) is 3.28. The molecule has 1 aromatic heterocycles. The van der Waals surface area contributed by atoms with E-state index in [2.05, 4.69) is 20.8 Å². The van der Waals surface area contributed by atoms with Crippen molar-refractivity contribution in [1.29, 1.82) is 0 Å². The molecule has 7 heteroatoms. The summed E-state index contributed by atoms with van der Waals surface area (Å²) in [6, 6.07) is 20.1. The minimum absolute atomic E-state index is 0.216. The van der Waals surface area contributed by atoms with E-state index >= 15 is 0 Å². The van der Waals surface area contributed by atoms with Crippen LogP contribution < -0.4 is 15.4 Å². The molecule has 2 aromatic carbocycles. The lowest BCUT2D eigenvalue weighted by atomic mass is 10.2. The molecule has 0 bridgehead atoms. The van der Waals surface area contributed by atoms with Gasteiger partial charge in [-0.15, -0.1) is 10.2 Å².